The number of methoxy groups -OCH3 is 1. The van der Waals surface area contributed by atoms with Crippen LogP contribution in [0.5, 0.6) is 5.75 Å². The Hall–Kier alpha value is -2.54. The molecule has 0 radical (unpaired) electrons. The van der Waals surface area contributed by atoms with Crippen LogP contribution in [0.2, 0.25) is 0 Å². The van der Waals surface area contributed by atoms with Gasteiger partial charge in [0.1, 0.15) is 5.75 Å². The molecule has 2 aromatic carbocycles. The molecule has 2 aromatic rings. The number of nitrogens with one attached hydrogen (secondary N) is 1. The van der Waals surface area contributed by atoms with E-state index in [0.29, 0.717) is 5.69 Å². The summed E-state index contributed by atoms with van der Waals surface area (Å²) in [6.45, 7) is 4.97. The molecule has 0 aromatic heterocycles. The van der Waals surface area contributed by atoms with E-state index in [0.717, 1.165) is 36.7 Å². The minimum absolute atomic E-state index is 0.103. The smallest absolute Gasteiger partial charge is 0.416 e. The van der Waals surface area contributed by atoms with Gasteiger partial charge in [-0.1, -0.05) is 26.0 Å². The van der Waals surface area contributed by atoms with Crippen molar-refractivity contribution in [2.75, 3.05) is 26.0 Å². The van der Waals surface area contributed by atoms with Gasteiger partial charge in [-0.25, -0.2) is 0 Å². The predicted octanol–water partition coefficient (Wildman–Crippen LogP) is 5.08. The van der Waals surface area contributed by atoms with Crippen LogP contribution < -0.4 is 10.1 Å². The van der Waals surface area contributed by atoms with Crippen molar-refractivity contribution >= 4 is 11.6 Å². The molecule has 156 valence electrons. The second kappa shape index (κ2) is 8.06. The predicted molar refractivity (Wildman–Crippen MR) is 107 cm³/mol. The number of ether oxygens (including phenoxy) is 1. The summed E-state index contributed by atoms with van der Waals surface area (Å²) in [5.74, 6) is -0.852. The monoisotopic (exact) mass is 406 g/mol. The molecule has 0 bridgehead atoms. The molecule has 0 aliphatic carbocycles. The van der Waals surface area contributed by atoms with Gasteiger partial charge in [0.15, 0.2) is 0 Å². The Bertz CT molecular complexity index is 923. The topological polar surface area (TPSA) is 41.6 Å². The molecule has 29 heavy (non-hydrogen) atoms. The summed E-state index contributed by atoms with van der Waals surface area (Å²) in [6.07, 6.45) is -3.79. The van der Waals surface area contributed by atoms with Crippen molar-refractivity contribution < 1.29 is 22.7 Å². The van der Waals surface area contributed by atoms with E-state index in [1.165, 1.54) is 13.2 Å². The quantitative estimate of drug-likeness (QED) is 0.770. The van der Waals surface area contributed by atoms with Crippen molar-refractivity contribution in [2.45, 2.75) is 38.9 Å². The highest BCUT2D eigenvalue weighted by atomic mass is 19.4. The fourth-order valence-corrected chi connectivity index (χ4v) is 3.72. The molecule has 0 unspecified atom stereocenters. The lowest BCUT2D eigenvalue weighted by atomic mass is 9.93. The number of carbonyl (C=O) groups is 1. The molecule has 1 aliphatic heterocycles. The van der Waals surface area contributed by atoms with E-state index >= 15 is 0 Å². The Labute approximate surface area is 168 Å². The third-order valence-corrected chi connectivity index (χ3v) is 5.25. The number of likely N-dealkylation sites (N-methyl/N-ethyl adjacent to an activating group) is 1. The number of anilines is 1. The molecular weight excluding hydrogens is 381 g/mol. The summed E-state index contributed by atoms with van der Waals surface area (Å²) in [5, 5.41) is 2.80. The first-order chi connectivity index (χ1) is 13.6. The highest BCUT2D eigenvalue weighted by Crippen LogP contribution is 2.39. The zero-order chi connectivity index (χ0) is 21.3. The standard InChI is InChI=1S/C22H25F3N2O2/c1-13(2)16-11-20(29-4)17(10-18(16)22(23,24)25)21(28)26-19-7-5-6-14-12-27(3)9-8-15(14)19/h5-7,10-11,13H,8-9,12H2,1-4H3,(H,26,28). The summed E-state index contributed by atoms with van der Waals surface area (Å²) in [7, 11) is 3.37. The van der Waals surface area contributed by atoms with E-state index in [4.69, 9.17) is 4.74 Å². The highest BCUT2D eigenvalue weighted by molar-refractivity contribution is 6.07. The van der Waals surface area contributed by atoms with Crippen LogP contribution in [0, 0.1) is 0 Å². The minimum atomic E-state index is -4.56. The SMILES string of the molecule is COc1cc(C(C)C)c(C(F)(F)F)cc1C(=O)Nc1cccc2c1CCN(C)C2. The first kappa shape index (κ1) is 21.2. The van der Waals surface area contributed by atoms with E-state index in [9.17, 15) is 18.0 Å². The van der Waals surface area contributed by atoms with E-state index < -0.39 is 17.6 Å². The number of benzene rings is 2. The van der Waals surface area contributed by atoms with Crippen molar-refractivity contribution in [3.63, 3.8) is 0 Å². The Kier molecular flexibility index (Phi) is 5.89. The third-order valence-electron chi connectivity index (χ3n) is 5.25. The average Bonchev–Trinajstić information content (AvgIpc) is 2.65. The summed E-state index contributed by atoms with van der Waals surface area (Å²) in [6, 6.07) is 7.83. The Morgan fingerprint density at radius 2 is 1.97 bits per heavy atom. The molecule has 1 aliphatic rings. The average molecular weight is 406 g/mol. The number of hydrogen-bond donors (Lipinski definition) is 1. The first-order valence-electron chi connectivity index (χ1n) is 9.51. The summed E-state index contributed by atoms with van der Waals surface area (Å²) in [4.78, 5) is 15.1. The summed E-state index contributed by atoms with van der Waals surface area (Å²) < 4.78 is 46.1. The van der Waals surface area contributed by atoms with E-state index in [1.807, 2.05) is 19.2 Å². The highest BCUT2D eigenvalue weighted by Gasteiger charge is 2.36. The van der Waals surface area contributed by atoms with Crippen LogP contribution in [0.3, 0.4) is 0 Å². The van der Waals surface area contributed by atoms with E-state index in [1.54, 1.807) is 19.9 Å². The maximum absolute atomic E-state index is 13.6. The normalized spacial score (nSPS) is 14.6. The largest absolute Gasteiger partial charge is 0.496 e. The minimum Gasteiger partial charge on any atom is -0.496 e. The lowest BCUT2D eigenvalue weighted by Gasteiger charge is -2.27. The number of rotatable bonds is 4. The number of amides is 1. The van der Waals surface area contributed by atoms with Gasteiger partial charge in [0.2, 0.25) is 0 Å². The molecule has 3 rings (SSSR count). The Balaban J connectivity index is 2.01. The molecule has 7 heteroatoms. The zero-order valence-corrected chi connectivity index (χ0v) is 17.0. The molecule has 0 spiro atoms. The number of halogens is 3. The van der Waals surface area contributed by atoms with Gasteiger partial charge in [-0.05, 0) is 54.3 Å². The van der Waals surface area contributed by atoms with Crippen LogP contribution in [-0.4, -0.2) is 31.5 Å². The van der Waals surface area contributed by atoms with Crippen LogP contribution in [0.4, 0.5) is 18.9 Å². The van der Waals surface area contributed by atoms with Crippen LogP contribution >= 0.6 is 0 Å². The number of fused-ring (bicyclic) bond motifs is 1. The molecule has 0 fully saturated rings. The Morgan fingerprint density at radius 3 is 2.59 bits per heavy atom. The second-order valence-corrected chi connectivity index (χ2v) is 7.68. The van der Waals surface area contributed by atoms with Crippen molar-refractivity contribution in [2.24, 2.45) is 0 Å². The van der Waals surface area contributed by atoms with Gasteiger partial charge < -0.3 is 15.0 Å². The van der Waals surface area contributed by atoms with Gasteiger partial charge in [0, 0.05) is 18.8 Å². The van der Waals surface area contributed by atoms with Gasteiger partial charge >= 0.3 is 6.18 Å². The van der Waals surface area contributed by atoms with Crippen molar-refractivity contribution in [1.29, 1.82) is 0 Å². The molecular formula is C22H25F3N2O2. The summed E-state index contributed by atoms with van der Waals surface area (Å²) >= 11 is 0. The van der Waals surface area contributed by atoms with Crippen LogP contribution in [-0.2, 0) is 19.1 Å². The third kappa shape index (κ3) is 4.40. The second-order valence-electron chi connectivity index (χ2n) is 7.68. The fourth-order valence-electron chi connectivity index (χ4n) is 3.72. The first-order valence-corrected chi connectivity index (χ1v) is 9.51. The fraction of sp³-hybridized carbons (Fsp3) is 0.409. The van der Waals surface area contributed by atoms with Gasteiger partial charge in [0.05, 0.1) is 18.2 Å². The lowest BCUT2D eigenvalue weighted by Crippen LogP contribution is -2.27. The van der Waals surface area contributed by atoms with Crippen molar-refractivity contribution in [1.82, 2.24) is 4.90 Å². The van der Waals surface area contributed by atoms with Gasteiger partial charge in [-0.15, -0.1) is 0 Å². The molecule has 1 amide bonds. The number of nitrogens with zero attached hydrogens (tertiary/aromatic N) is 1. The van der Waals surface area contributed by atoms with E-state index in [-0.39, 0.29) is 22.8 Å². The zero-order valence-electron chi connectivity index (χ0n) is 17.0. The summed E-state index contributed by atoms with van der Waals surface area (Å²) in [5.41, 5.74) is 1.92. The molecule has 1 heterocycles. The van der Waals surface area contributed by atoms with Crippen LogP contribution in [0.1, 0.15) is 52.4 Å². The van der Waals surface area contributed by atoms with Crippen molar-refractivity contribution in [3.8, 4) is 5.75 Å². The maximum Gasteiger partial charge on any atom is 0.416 e. The van der Waals surface area contributed by atoms with Gasteiger partial charge in [-0.2, -0.15) is 13.2 Å². The molecule has 1 N–H and O–H groups in total. The van der Waals surface area contributed by atoms with Crippen LogP contribution in [0.25, 0.3) is 0 Å². The van der Waals surface area contributed by atoms with Gasteiger partial charge in [0.25, 0.3) is 5.91 Å². The van der Waals surface area contributed by atoms with Crippen LogP contribution in [0.15, 0.2) is 30.3 Å². The van der Waals surface area contributed by atoms with Crippen molar-refractivity contribution in [3.05, 3.63) is 58.1 Å². The molecule has 4 nitrogen and oxygen atoms in total. The molecule has 0 saturated heterocycles. The van der Waals surface area contributed by atoms with E-state index in [2.05, 4.69) is 10.2 Å². The maximum atomic E-state index is 13.6. The lowest BCUT2D eigenvalue weighted by molar-refractivity contribution is -0.138. The number of alkyl halides is 3. The van der Waals surface area contributed by atoms with Gasteiger partial charge in [-0.3, -0.25) is 4.79 Å². The molecule has 0 atom stereocenters. The number of hydrogen-bond acceptors (Lipinski definition) is 3. The number of carbonyl (C=O) groups excluding carboxylic acids is 1. The Morgan fingerprint density at radius 1 is 1.24 bits per heavy atom. The molecule has 0 saturated carbocycles.